The van der Waals surface area contributed by atoms with Crippen LogP contribution >= 0.6 is 0 Å². The summed E-state index contributed by atoms with van der Waals surface area (Å²) < 4.78 is 24.3. The van der Waals surface area contributed by atoms with Crippen LogP contribution in [0.4, 0.5) is 0 Å². The second kappa shape index (κ2) is 17.7. The summed E-state index contributed by atoms with van der Waals surface area (Å²) in [7, 11) is 1.46. The highest BCUT2D eigenvalue weighted by Gasteiger charge is 2.39. The van der Waals surface area contributed by atoms with Gasteiger partial charge in [-0.1, -0.05) is 58.9 Å². The molecule has 5 atom stereocenters. The van der Waals surface area contributed by atoms with Crippen LogP contribution in [0.15, 0.2) is 36.5 Å². The van der Waals surface area contributed by atoms with Gasteiger partial charge in [0.15, 0.2) is 8.32 Å². The van der Waals surface area contributed by atoms with Crippen LogP contribution in [-0.4, -0.2) is 59.4 Å². The molecule has 188 valence electrons. The molecule has 1 N–H and O–H groups in total. The summed E-state index contributed by atoms with van der Waals surface area (Å²) in [6.07, 6.45) is 9.52. The Morgan fingerprint density at radius 1 is 1.06 bits per heavy atom. The van der Waals surface area contributed by atoms with E-state index >= 15 is 0 Å². The maximum Gasteiger partial charge on any atom is 0.192 e. The lowest BCUT2D eigenvalue weighted by Crippen LogP contribution is -2.48. The molecule has 32 heavy (non-hydrogen) atoms. The fourth-order valence-corrected chi connectivity index (χ4v) is 7.05. The van der Waals surface area contributed by atoms with E-state index in [2.05, 4.69) is 59.4 Å². The van der Waals surface area contributed by atoms with E-state index in [4.69, 9.17) is 18.6 Å². The van der Waals surface area contributed by atoms with Gasteiger partial charge in [-0.25, -0.2) is 0 Å². The van der Waals surface area contributed by atoms with Crippen LogP contribution in [0.2, 0.25) is 18.1 Å². The van der Waals surface area contributed by atoms with Crippen LogP contribution in [0.25, 0.3) is 0 Å². The first kappa shape index (κ1) is 31.2. The van der Waals surface area contributed by atoms with Crippen molar-refractivity contribution in [1.29, 1.82) is 0 Å². The molecule has 0 unspecified atom stereocenters. The second-order valence-corrected chi connectivity index (χ2v) is 13.5. The molecule has 0 saturated heterocycles. The molecular formula is C26H50O5Si. The minimum Gasteiger partial charge on any atom is -0.410 e. The van der Waals surface area contributed by atoms with E-state index in [1.807, 2.05) is 13.0 Å². The summed E-state index contributed by atoms with van der Waals surface area (Å²) in [5.74, 6) is 0.0995. The molecule has 0 spiro atoms. The molecule has 0 radical (unpaired) electrons. The molecule has 0 saturated carbocycles. The third-order valence-corrected chi connectivity index (χ3v) is 11.0. The van der Waals surface area contributed by atoms with Gasteiger partial charge in [0, 0.05) is 26.7 Å². The maximum absolute atomic E-state index is 9.61. The van der Waals surface area contributed by atoms with Gasteiger partial charge in [-0.3, -0.25) is 0 Å². The highest BCUT2D eigenvalue weighted by atomic mass is 28.4. The molecule has 0 amide bonds. The number of hydrogen-bond acceptors (Lipinski definition) is 5. The number of ether oxygens (including phenoxy) is 3. The van der Waals surface area contributed by atoms with Gasteiger partial charge in [0.1, 0.15) is 12.9 Å². The lowest BCUT2D eigenvalue weighted by Gasteiger charge is -2.40. The van der Waals surface area contributed by atoms with Crippen molar-refractivity contribution in [3.05, 3.63) is 36.5 Å². The Hall–Kier alpha value is -0.763. The fourth-order valence-electron chi connectivity index (χ4n) is 4.11. The normalized spacial score (nSPS) is 17.8. The van der Waals surface area contributed by atoms with Crippen molar-refractivity contribution in [3.63, 3.8) is 0 Å². The minimum absolute atomic E-state index is 0.0258. The van der Waals surface area contributed by atoms with Gasteiger partial charge in [0.05, 0.1) is 12.2 Å². The number of aliphatic hydroxyl groups is 1. The van der Waals surface area contributed by atoms with Gasteiger partial charge in [-0.05, 0) is 49.4 Å². The smallest absolute Gasteiger partial charge is 0.192 e. The second-order valence-electron chi connectivity index (χ2n) is 8.74. The lowest BCUT2D eigenvalue weighted by atomic mass is 9.88. The first-order valence-electron chi connectivity index (χ1n) is 12.2. The Morgan fingerprint density at radius 2 is 1.69 bits per heavy atom. The first-order valence-corrected chi connectivity index (χ1v) is 14.7. The van der Waals surface area contributed by atoms with E-state index < -0.39 is 8.32 Å². The minimum atomic E-state index is -1.89. The van der Waals surface area contributed by atoms with Gasteiger partial charge in [0.25, 0.3) is 0 Å². The predicted molar refractivity (Wildman–Crippen MR) is 137 cm³/mol. The summed E-state index contributed by atoms with van der Waals surface area (Å²) in [6.45, 7) is 17.1. The highest BCUT2D eigenvalue weighted by Crippen LogP contribution is 2.32. The van der Waals surface area contributed by atoms with Gasteiger partial charge < -0.3 is 23.7 Å². The highest BCUT2D eigenvalue weighted by molar-refractivity contribution is 6.73. The zero-order valence-corrected chi connectivity index (χ0v) is 22.9. The van der Waals surface area contributed by atoms with Crippen LogP contribution in [-0.2, 0) is 18.6 Å². The zero-order valence-electron chi connectivity index (χ0n) is 21.9. The first-order chi connectivity index (χ1) is 15.3. The molecule has 0 aliphatic heterocycles. The number of unbranched alkanes of at least 4 members (excludes halogenated alkanes) is 1. The number of hydrogen-bond donors (Lipinski definition) is 1. The maximum atomic E-state index is 9.61. The Labute approximate surface area is 199 Å². The van der Waals surface area contributed by atoms with E-state index in [1.54, 1.807) is 14.2 Å². The molecule has 0 fully saturated rings. The number of allylic oxidation sites excluding steroid dienone is 2. The van der Waals surface area contributed by atoms with Crippen LogP contribution in [0.5, 0.6) is 0 Å². The van der Waals surface area contributed by atoms with Crippen molar-refractivity contribution in [2.45, 2.75) is 90.8 Å². The third-order valence-electron chi connectivity index (χ3n) is 6.43. The van der Waals surface area contributed by atoms with Crippen molar-refractivity contribution in [1.82, 2.24) is 0 Å². The molecule has 6 heteroatoms. The van der Waals surface area contributed by atoms with Gasteiger partial charge >= 0.3 is 0 Å². The topological polar surface area (TPSA) is 57.2 Å². The molecule has 0 aromatic rings. The lowest BCUT2D eigenvalue weighted by molar-refractivity contribution is -0.137. The average molecular weight is 471 g/mol. The Morgan fingerprint density at radius 3 is 2.16 bits per heavy atom. The predicted octanol–water partition coefficient (Wildman–Crippen LogP) is 6.11. The summed E-state index contributed by atoms with van der Waals surface area (Å²) in [5.41, 5.74) is 1.14. The largest absolute Gasteiger partial charge is 0.410 e. The third kappa shape index (κ3) is 10.4. The number of aliphatic hydroxyl groups excluding tert-OH is 1. The van der Waals surface area contributed by atoms with Crippen LogP contribution < -0.4 is 0 Å². The van der Waals surface area contributed by atoms with E-state index in [1.165, 1.54) is 0 Å². The van der Waals surface area contributed by atoms with E-state index in [0.717, 1.165) is 36.5 Å². The van der Waals surface area contributed by atoms with Crippen molar-refractivity contribution >= 4 is 8.32 Å². The molecule has 0 aliphatic carbocycles. The number of rotatable bonds is 19. The number of methoxy groups -OCH3 is 2. The summed E-state index contributed by atoms with van der Waals surface area (Å²) in [5, 5.41) is 9.61. The van der Waals surface area contributed by atoms with E-state index in [0.29, 0.717) is 0 Å². The quantitative estimate of drug-likeness (QED) is 0.107. The molecule has 0 aromatic heterocycles. The molecule has 0 aromatic carbocycles. The Balaban J connectivity index is 6.13. The van der Waals surface area contributed by atoms with Crippen LogP contribution in [0.1, 0.15) is 54.4 Å². The molecule has 0 aliphatic rings. The van der Waals surface area contributed by atoms with Crippen molar-refractivity contribution in [2.24, 2.45) is 11.8 Å². The summed E-state index contributed by atoms with van der Waals surface area (Å²) >= 11 is 0. The van der Waals surface area contributed by atoms with E-state index in [9.17, 15) is 5.11 Å². The van der Waals surface area contributed by atoms with Crippen molar-refractivity contribution in [2.75, 3.05) is 27.6 Å². The summed E-state index contributed by atoms with van der Waals surface area (Å²) in [6, 6.07) is 3.22. The Kier molecular flexibility index (Phi) is 17.3. The summed E-state index contributed by atoms with van der Waals surface area (Å²) in [4.78, 5) is 0. The average Bonchev–Trinajstić information content (AvgIpc) is 2.81. The van der Waals surface area contributed by atoms with Crippen molar-refractivity contribution < 1.29 is 23.7 Å². The SMILES string of the molecule is C=CCC/C=C/[C@H](OC)[C@@H](OCOC)[C@H](C)[C@@H](O[Si](CC)(CC)CC)/C(C)=C/[C@H](C)CO. The molecular weight excluding hydrogens is 420 g/mol. The molecule has 0 heterocycles. The monoisotopic (exact) mass is 470 g/mol. The zero-order chi connectivity index (χ0) is 24.6. The standard InChI is InChI=1S/C26H50O5Si/c1-10-14-15-16-17-24(29-9)26(30-20-28-8)23(7)25(22(6)18-21(5)19-27)31-32(11-2,12-3)13-4/h10,16-18,21,23-27H,1,11-15,19-20H2,2-9H3/b17-16+,22-18+/t21-,23+,24-,25-,26-/m0/s1. The van der Waals surface area contributed by atoms with Gasteiger partial charge in [-0.15, -0.1) is 6.58 Å². The van der Waals surface area contributed by atoms with E-state index in [-0.39, 0.29) is 43.5 Å². The molecule has 0 bridgehead atoms. The Bertz CT molecular complexity index is 536. The van der Waals surface area contributed by atoms with Gasteiger partial charge in [-0.2, -0.15) is 0 Å². The van der Waals surface area contributed by atoms with Crippen molar-refractivity contribution in [3.8, 4) is 0 Å². The molecule has 5 nitrogen and oxygen atoms in total. The van der Waals surface area contributed by atoms with Crippen LogP contribution in [0, 0.1) is 11.8 Å². The van der Waals surface area contributed by atoms with Crippen LogP contribution in [0.3, 0.4) is 0 Å². The fraction of sp³-hybridized carbons (Fsp3) is 0.769. The van der Waals surface area contributed by atoms with Gasteiger partial charge in [0.2, 0.25) is 0 Å². The molecule has 0 rings (SSSR count).